The largest absolute Gasteiger partial charge is 0.382 e. The highest BCUT2D eigenvalue weighted by Gasteiger charge is 2.18. The molecule has 17 heavy (non-hydrogen) atoms. The highest BCUT2D eigenvalue weighted by Crippen LogP contribution is 2.20. The van der Waals surface area contributed by atoms with Crippen molar-refractivity contribution in [3.8, 4) is 5.82 Å². The third-order valence-electron chi connectivity index (χ3n) is 2.29. The standard InChI is InChI=1S/C10H12N4O2S/c1-7-3-4-12-9(5-7)14-10(11)8(6-13-14)17(2,15)16/h3-6H,11H2,1-2H3. The van der Waals surface area contributed by atoms with Gasteiger partial charge in [-0.25, -0.2) is 13.4 Å². The third-order valence-corrected chi connectivity index (χ3v) is 3.40. The molecule has 0 saturated heterocycles. The lowest BCUT2D eigenvalue weighted by Crippen LogP contribution is -2.07. The molecule has 2 aromatic heterocycles. The van der Waals surface area contributed by atoms with Gasteiger partial charge >= 0.3 is 0 Å². The summed E-state index contributed by atoms with van der Waals surface area (Å²) in [6, 6.07) is 3.61. The molecule has 2 aromatic rings. The van der Waals surface area contributed by atoms with Gasteiger partial charge in [-0.2, -0.15) is 9.78 Å². The number of hydrogen-bond donors (Lipinski definition) is 1. The van der Waals surface area contributed by atoms with Gasteiger partial charge in [-0.3, -0.25) is 0 Å². The number of rotatable bonds is 2. The van der Waals surface area contributed by atoms with Crippen LogP contribution in [0.1, 0.15) is 5.56 Å². The van der Waals surface area contributed by atoms with Crippen LogP contribution < -0.4 is 5.73 Å². The Bertz CT molecular complexity index is 661. The molecule has 2 rings (SSSR count). The summed E-state index contributed by atoms with van der Waals surface area (Å²) in [7, 11) is -3.37. The number of nitrogens with zero attached hydrogens (tertiary/aromatic N) is 3. The molecule has 0 aliphatic rings. The van der Waals surface area contributed by atoms with Crippen LogP contribution in [0.25, 0.3) is 5.82 Å². The Balaban J connectivity index is 2.60. The van der Waals surface area contributed by atoms with Crippen molar-refractivity contribution in [2.24, 2.45) is 0 Å². The number of pyridine rings is 1. The van der Waals surface area contributed by atoms with Crippen molar-refractivity contribution in [2.75, 3.05) is 12.0 Å². The van der Waals surface area contributed by atoms with Gasteiger partial charge < -0.3 is 5.73 Å². The number of sulfone groups is 1. The Kier molecular flexibility index (Phi) is 2.62. The number of anilines is 1. The number of nitrogen functional groups attached to an aromatic ring is 1. The van der Waals surface area contributed by atoms with E-state index in [0.717, 1.165) is 11.8 Å². The third kappa shape index (κ3) is 2.14. The molecule has 0 fully saturated rings. The summed E-state index contributed by atoms with van der Waals surface area (Å²) < 4.78 is 24.1. The normalized spacial score (nSPS) is 11.6. The van der Waals surface area contributed by atoms with E-state index in [2.05, 4.69) is 10.1 Å². The molecule has 0 bridgehead atoms. The Morgan fingerprint density at radius 3 is 2.65 bits per heavy atom. The van der Waals surface area contributed by atoms with Crippen LogP contribution in [0.4, 0.5) is 5.82 Å². The summed E-state index contributed by atoms with van der Waals surface area (Å²) in [5.41, 5.74) is 6.74. The first-order valence-electron chi connectivity index (χ1n) is 4.86. The van der Waals surface area contributed by atoms with E-state index in [0.29, 0.717) is 5.82 Å². The second-order valence-corrected chi connectivity index (χ2v) is 5.75. The van der Waals surface area contributed by atoms with Crippen molar-refractivity contribution in [2.45, 2.75) is 11.8 Å². The van der Waals surface area contributed by atoms with Gasteiger partial charge in [0.2, 0.25) is 0 Å². The minimum atomic E-state index is -3.37. The van der Waals surface area contributed by atoms with E-state index in [1.165, 1.54) is 10.9 Å². The Morgan fingerprint density at radius 1 is 1.41 bits per heavy atom. The van der Waals surface area contributed by atoms with Crippen LogP contribution in [0, 0.1) is 6.92 Å². The zero-order valence-corrected chi connectivity index (χ0v) is 10.3. The molecular weight excluding hydrogens is 240 g/mol. The number of aryl methyl sites for hydroxylation is 1. The first-order valence-corrected chi connectivity index (χ1v) is 6.75. The van der Waals surface area contributed by atoms with Gasteiger partial charge in [0, 0.05) is 12.5 Å². The zero-order valence-electron chi connectivity index (χ0n) is 9.45. The van der Waals surface area contributed by atoms with Crippen molar-refractivity contribution >= 4 is 15.7 Å². The smallest absolute Gasteiger partial charge is 0.180 e. The monoisotopic (exact) mass is 252 g/mol. The van der Waals surface area contributed by atoms with E-state index in [-0.39, 0.29) is 10.7 Å². The molecular formula is C10H12N4O2S. The first kappa shape index (κ1) is 11.6. The number of nitrogens with two attached hydrogens (primary N) is 1. The number of hydrogen-bond acceptors (Lipinski definition) is 5. The van der Waals surface area contributed by atoms with Crippen molar-refractivity contribution in [1.29, 1.82) is 0 Å². The summed E-state index contributed by atoms with van der Waals surface area (Å²) in [4.78, 5) is 4.11. The van der Waals surface area contributed by atoms with Crippen LogP contribution in [0.15, 0.2) is 29.4 Å². The lowest BCUT2D eigenvalue weighted by atomic mass is 10.3. The fourth-order valence-electron chi connectivity index (χ4n) is 1.45. The van der Waals surface area contributed by atoms with Gasteiger partial charge in [0.1, 0.15) is 10.7 Å². The number of aromatic nitrogens is 3. The molecule has 2 N–H and O–H groups in total. The second-order valence-electron chi connectivity index (χ2n) is 3.77. The Hall–Kier alpha value is -1.89. The molecule has 0 radical (unpaired) electrons. The van der Waals surface area contributed by atoms with Gasteiger partial charge in [-0.15, -0.1) is 0 Å². The minimum absolute atomic E-state index is 0.0146. The highest BCUT2D eigenvalue weighted by atomic mass is 32.2. The maximum Gasteiger partial charge on any atom is 0.180 e. The fourth-order valence-corrected chi connectivity index (χ4v) is 2.15. The second kappa shape index (κ2) is 3.85. The molecule has 0 spiro atoms. The average molecular weight is 252 g/mol. The van der Waals surface area contributed by atoms with Gasteiger partial charge in [-0.1, -0.05) is 0 Å². The maximum atomic E-state index is 11.4. The van der Waals surface area contributed by atoms with Crippen LogP contribution in [0.2, 0.25) is 0 Å². The van der Waals surface area contributed by atoms with E-state index in [1.807, 2.05) is 13.0 Å². The molecule has 0 saturated carbocycles. The fraction of sp³-hybridized carbons (Fsp3) is 0.200. The minimum Gasteiger partial charge on any atom is -0.382 e. The summed E-state index contributed by atoms with van der Waals surface area (Å²) in [6.45, 7) is 1.91. The van der Waals surface area contributed by atoms with Gasteiger partial charge in [0.05, 0.1) is 6.20 Å². The van der Waals surface area contributed by atoms with Crippen LogP contribution in [0.3, 0.4) is 0 Å². The van der Waals surface area contributed by atoms with Crippen molar-refractivity contribution in [1.82, 2.24) is 14.8 Å². The van der Waals surface area contributed by atoms with Gasteiger partial charge in [0.25, 0.3) is 0 Å². The molecule has 0 aliphatic heterocycles. The topological polar surface area (TPSA) is 90.9 Å². The van der Waals surface area contributed by atoms with Crippen molar-refractivity contribution in [3.63, 3.8) is 0 Å². The quantitative estimate of drug-likeness (QED) is 0.843. The highest BCUT2D eigenvalue weighted by molar-refractivity contribution is 7.90. The summed E-state index contributed by atoms with van der Waals surface area (Å²) >= 11 is 0. The molecule has 7 heteroatoms. The molecule has 0 atom stereocenters. The lowest BCUT2D eigenvalue weighted by Gasteiger charge is -2.04. The molecule has 6 nitrogen and oxygen atoms in total. The molecule has 0 amide bonds. The summed E-state index contributed by atoms with van der Waals surface area (Å²) in [5.74, 6) is 0.572. The molecule has 90 valence electrons. The molecule has 0 aromatic carbocycles. The lowest BCUT2D eigenvalue weighted by molar-refractivity contribution is 0.602. The predicted molar refractivity (Wildman–Crippen MR) is 63.6 cm³/mol. The van der Waals surface area contributed by atoms with Gasteiger partial charge in [-0.05, 0) is 24.6 Å². The van der Waals surface area contributed by atoms with E-state index in [1.54, 1.807) is 12.3 Å². The maximum absolute atomic E-state index is 11.4. The molecule has 2 heterocycles. The Labute approximate surface area is 99.0 Å². The van der Waals surface area contributed by atoms with E-state index < -0.39 is 9.84 Å². The zero-order chi connectivity index (χ0) is 12.6. The van der Waals surface area contributed by atoms with Crippen molar-refractivity contribution in [3.05, 3.63) is 30.1 Å². The van der Waals surface area contributed by atoms with E-state index >= 15 is 0 Å². The van der Waals surface area contributed by atoms with Crippen LogP contribution >= 0.6 is 0 Å². The van der Waals surface area contributed by atoms with E-state index in [4.69, 9.17) is 5.73 Å². The van der Waals surface area contributed by atoms with Crippen LogP contribution in [-0.2, 0) is 9.84 Å². The van der Waals surface area contributed by atoms with Gasteiger partial charge in [0.15, 0.2) is 15.7 Å². The van der Waals surface area contributed by atoms with Crippen molar-refractivity contribution < 1.29 is 8.42 Å². The SMILES string of the molecule is Cc1ccnc(-n2ncc(S(C)(=O)=O)c2N)c1. The van der Waals surface area contributed by atoms with Crippen LogP contribution in [0.5, 0.6) is 0 Å². The van der Waals surface area contributed by atoms with Crippen LogP contribution in [-0.4, -0.2) is 29.4 Å². The molecule has 0 unspecified atom stereocenters. The average Bonchev–Trinajstić information content (AvgIpc) is 2.59. The summed E-state index contributed by atoms with van der Waals surface area (Å²) in [5, 5.41) is 3.94. The molecule has 0 aliphatic carbocycles. The summed E-state index contributed by atoms with van der Waals surface area (Å²) in [6.07, 6.45) is 3.94. The predicted octanol–water partition coefficient (Wildman–Crippen LogP) is 0.561. The first-order chi connectivity index (χ1) is 7.89. The Morgan fingerprint density at radius 2 is 2.12 bits per heavy atom. The van der Waals surface area contributed by atoms with E-state index in [9.17, 15) is 8.42 Å².